The van der Waals surface area contributed by atoms with Gasteiger partial charge in [-0.15, -0.1) is 0 Å². The average molecular weight is 280 g/mol. The van der Waals surface area contributed by atoms with E-state index in [9.17, 15) is 9.59 Å². The summed E-state index contributed by atoms with van der Waals surface area (Å²) in [5, 5.41) is 9.14. The van der Waals surface area contributed by atoms with Crippen molar-refractivity contribution in [2.75, 3.05) is 10.6 Å². The number of hydrogen-bond donors (Lipinski definition) is 2. The smallest absolute Gasteiger partial charge is 0.415 e. The molecule has 1 amide bonds. The summed E-state index contributed by atoms with van der Waals surface area (Å²) in [4.78, 5) is 24.5. The van der Waals surface area contributed by atoms with Gasteiger partial charge in [-0.2, -0.15) is 0 Å². The fraction of sp³-hybridized carbons (Fsp3) is 0.429. The fourth-order valence-electron chi connectivity index (χ4n) is 1.54. The number of carboxylic acids is 1. The number of amides is 1. The van der Waals surface area contributed by atoms with Crippen molar-refractivity contribution in [3.63, 3.8) is 0 Å². The zero-order valence-electron chi connectivity index (χ0n) is 12.1. The Balaban J connectivity index is 3.12. The third kappa shape index (κ3) is 4.15. The molecular weight excluding hydrogens is 260 g/mol. The molecule has 0 saturated carbocycles. The Kier molecular flexibility index (Phi) is 4.60. The Labute approximate surface area is 118 Å². The number of nitrogens with two attached hydrogens (primary N) is 1. The monoisotopic (exact) mass is 280 g/mol. The lowest BCUT2D eigenvalue weighted by Crippen LogP contribution is -2.46. The second kappa shape index (κ2) is 5.81. The molecular formula is C14H20N2O4. The molecule has 0 bridgehead atoms. The van der Waals surface area contributed by atoms with E-state index in [0.717, 1.165) is 4.90 Å². The molecule has 1 rings (SSSR count). The van der Waals surface area contributed by atoms with Crippen molar-refractivity contribution < 1.29 is 19.4 Å². The quantitative estimate of drug-likeness (QED) is 0.830. The van der Waals surface area contributed by atoms with Gasteiger partial charge in [0.15, 0.2) is 0 Å². The third-order valence-electron chi connectivity index (χ3n) is 2.51. The van der Waals surface area contributed by atoms with E-state index in [1.54, 1.807) is 45.0 Å². The van der Waals surface area contributed by atoms with Crippen molar-refractivity contribution in [2.24, 2.45) is 0 Å². The standard InChI is InChI=1S/C14H20N2O4/c1-9(12(17)18)16(13(19)20-14(2,3)4)11-7-5-10(15)6-8-11/h5-9H,15H2,1-4H3,(H,17,18)/t9-/m0/s1. The molecule has 0 aliphatic carbocycles. The molecule has 1 aromatic rings. The van der Waals surface area contributed by atoms with Crippen LogP contribution in [0.2, 0.25) is 0 Å². The summed E-state index contributed by atoms with van der Waals surface area (Å²) in [6, 6.07) is 5.31. The molecule has 0 aliphatic rings. The van der Waals surface area contributed by atoms with Gasteiger partial charge in [-0.05, 0) is 52.0 Å². The Hall–Kier alpha value is -2.24. The molecule has 0 saturated heterocycles. The van der Waals surface area contributed by atoms with E-state index in [0.29, 0.717) is 11.4 Å². The number of aliphatic carboxylic acids is 1. The molecule has 20 heavy (non-hydrogen) atoms. The number of hydrogen-bond acceptors (Lipinski definition) is 4. The van der Waals surface area contributed by atoms with Gasteiger partial charge in [0.05, 0.1) is 0 Å². The summed E-state index contributed by atoms with van der Waals surface area (Å²) >= 11 is 0. The molecule has 1 aromatic carbocycles. The molecule has 1 atom stereocenters. The van der Waals surface area contributed by atoms with E-state index in [4.69, 9.17) is 15.6 Å². The van der Waals surface area contributed by atoms with Crippen LogP contribution >= 0.6 is 0 Å². The number of carbonyl (C=O) groups is 2. The minimum Gasteiger partial charge on any atom is -0.480 e. The van der Waals surface area contributed by atoms with Crippen LogP contribution in [0.15, 0.2) is 24.3 Å². The molecule has 0 aromatic heterocycles. The van der Waals surface area contributed by atoms with E-state index in [2.05, 4.69) is 0 Å². The topological polar surface area (TPSA) is 92.9 Å². The molecule has 6 nitrogen and oxygen atoms in total. The number of nitrogens with zero attached hydrogens (tertiary/aromatic N) is 1. The minimum absolute atomic E-state index is 0.420. The summed E-state index contributed by atoms with van der Waals surface area (Å²) in [6.45, 7) is 6.58. The van der Waals surface area contributed by atoms with E-state index >= 15 is 0 Å². The van der Waals surface area contributed by atoms with Crippen LogP contribution in [0, 0.1) is 0 Å². The number of carbonyl (C=O) groups excluding carboxylic acids is 1. The molecule has 0 aliphatic heterocycles. The van der Waals surface area contributed by atoms with Gasteiger partial charge in [-0.25, -0.2) is 9.59 Å². The van der Waals surface area contributed by atoms with Gasteiger partial charge in [0, 0.05) is 11.4 Å². The fourth-order valence-corrected chi connectivity index (χ4v) is 1.54. The van der Waals surface area contributed by atoms with Crippen molar-refractivity contribution in [3.8, 4) is 0 Å². The highest BCUT2D eigenvalue weighted by molar-refractivity contribution is 5.95. The van der Waals surface area contributed by atoms with Crippen molar-refractivity contribution in [1.82, 2.24) is 0 Å². The molecule has 0 spiro atoms. The van der Waals surface area contributed by atoms with Crippen LogP contribution in [0.3, 0.4) is 0 Å². The second-order valence-electron chi connectivity index (χ2n) is 5.46. The van der Waals surface area contributed by atoms with Crippen LogP contribution in [-0.4, -0.2) is 28.8 Å². The van der Waals surface area contributed by atoms with Gasteiger partial charge in [0.25, 0.3) is 0 Å². The van der Waals surface area contributed by atoms with E-state index < -0.39 is 23.7 Å². The maximum absolute atomic E-state index is 12.2. The molecule has 110 valence electrons. The molecule has 0 radical (unpaired) electrons. The zero-order valence-corrected chi connectivity index (χ0v) is 12.1. The first kappa shape index (κ1) is 15.8. The lowest BCUT2D eigenvalue weighted by molar-refractivity contribution is -0.138. The largest absolute Gasteiger partial charge is 0.480 e. The van der Waals surface area contributed by atoms with E-state index in [1.165, 1.54) is 6.92 Å². The van der Waals surface area contributed by atoms with Gasteiger partial charge >= 0.3 is 12.1 Å². The highest BCUT2D eigenvalue weighted by Crippen LogP contribution is 2.22. The maximum Gasteiger partial charge on any atom is 0.415 e. The molecule has 3 N–H and O–H groups in total. The number of anilines is 2. The predicted molar refractivity (Wildman–Crippen MR) is 76.7 cm³/mol. The summed E-state index contributed by atoms with van der Waals surface area (Å²) < 4.78 is 5.25. The summed E-state index contributed by atoms with van der Waals surface area (Å²) in [7, 11) is 0. The highest BCUT2D eigenvalue weighted by Gasteiger charge is 2.31. The number of rotatable bonds is 3. The molecule has 0 unspecified atom stereocenters. The summed E-state index contributed by atoms with van der Waals surface area (Å²) in [5.41, 5.74) is 5.83. The van der Waals surface area contributed by atoms with Crippen molar-refractivity contribution in [3.05, 3.63) is 24.3 Å². The van der Waals surface area contributed by atoms with Crippen LogP contribution in [0.4, 0.5) is 16.2 Å². The van der Waals surface area contributed by atoms with E-state index in [-0.39, 0.29) is 0 Å². The molecule has 6 heteroatoms. The van der Waals surface area contributed by atoms with Crippen LogP contribution in [-0.2, 0) is 9.53 Å². The third-order valence-corrected chi connectivity index (χ3v) is 2.51. The SMILES string of the molecule is C[C@@H](C(=O)O)N(C(=O)OC(C)(C)C)c1ccc(N)cc1. The Morgan fingerprint density at radius 3 is 2.15 bits per heavy atom. The molecule has 0 heterocycles. The van der Waals surface area contributed by atoms with Crippen LogP contribution < -0.4 is 10.6 Å². The first-order valence-electron chi connectivity index (χ1n) is 6.22. The second-order valence-corrected chi connectivity index (χ2v) is 5.46. The van der Waals surface area contributed by atoms with Crippen LogP contribution in [0.1, 0.15) is 27.7 Å². The zero-order chi connectivity index (χ0) is 15.5. The predicted octanol–water partition coefficient (Wildman–Crippen LogP) is 2.48. The first-order valence-corrected chi connectivity index (χ1v) is 6.22. The van der Waals surface area contributed by atoms with Crippen molar-refractivity contribution >= 4 is 23.4 Å². The number of ether oxygens (including phenoxy) is 1. The Morgan fingerprint density at radius 1 is 1.25 bits per heavy atom. The lowest BCUT2D eigenvalue weighted by atomic mass is 10.2. The van der Waals surface area contributed by atoms with Crippen LogP contribution in [0.5, 0.6) is 0 Å². The average Bonchev–Trinajstić information content (AvgIpc) is 2.29. The number of benzene rings is 1. The van der Waals surface area contributed by atoms with Crippen molar-refractivity contribution in [2.45, 2.75) is 39.3 Å². The highest BCUT2D eigenvalue weighted by atomic mass is 16.6. The van der Waals surface area contributed by atoms with Gasteiger partial charge < -0.3 is 15.6 Å². The summed E-state index contributed by atoms with van der Waals surface area (Å²) in [5.74, 6) is -1.12. The normalized spacial score (nSPS) is 12.6. The molecule has 0 fully saturated rings. The summed E-state index contributed by atoms with van der Waals surface area (Å²) in [6.07, 6.45) is -0.711. The minimum atomic E-state index is -1.12. The lowest BCUT2D eigenvalue weighted by Gasteiger charge is -2.29. The van der Waals surface area contributed by atoms with Gasteiger partial charge in [0.1, 0.15) is 11.6 Å². The van der Waals surface area contributed by atoms with Crippen LogP contribution in [0.25, 0.3) is 0 Å². The Bertz CT molecular complexity index is 491. The van der Waals surface area contributed by atoms with Gasteiger partial charge in [-0.1, -0.05) is 0 Å². The Morgan fingerprint density at radius 2 is 1.75 bits per heavy atom. The number of carboxylic acid groups (broad SMARTS) is 1. The van der Waals surface area contributed by atoms with E-state index in [1.807, 2.05) is 0 Å². The number of nitrogen functional groups attached to an aromatic ring is 1. The van der Waals surface area contributed by atoms with Gasteiger partial charge in [-0.3, -0.25) is 4.90 Å². The van der Waals surface area contributed by atoms with Gasteiger partial charge in [0.2, 0.25) is 0 Å². The maximum atomic E-state index is 12.2. The first-order chi connectivity index (χ1) is 9.11. The van der Waals surface area contributed by atoms with Crippen molar-refractivity contribution in [1.29, 1.82) is 0 Å².